The lowest BCUT2D eigenvalue weighted by molar-refractivity contribution is 0.0663. The van der Waals surface area contributed by atoms with Gasteiger partial charge in [0.05, 0.1) is 38.3 Å². The predicted molar refractivity (Wildman–Crippen MR) is 177 cm³/mol. The van der Waals surface area contributed by atoms with Crippen molar-refractivity contribution in [1.82, 2.24) is 25.1 Å². The zero-order valence-electron chi connectivity index (χ0n) is 26.1. The van der Waals surface area contributed by atoms with Crippen LogP contribution in [0.25, 0.3) is 32.0 Å². The Morgan fingerprint density at radius 2 is 1.91 bits per heavy atom. The monoisotopic (exact) mass is 656 g/mol. The number of fused-ring (bicyclic) bond motifs is 3. The second kappa shape index (κ2) is 11.5. The first-order valence-electron chi connectivity index (χ1n) is 16.0. The predicted octanol–water partition coefficient (Wildman–Crippen LogP) is 6.71. The van der Waals surface area contributed by atoms with Crippen LogP contribution >= 0.6 is 11.3 Å². The van der Waals surface area contributed by atoms with Crippen molar-refractivity contribution in [1.29, 1.82) is 0 Å². The van der Waals surface area contributed by atoms with Crippen molar-refractivity contribution >= 4 is 37.1 Å². The Labute approximate surface area is 272 Å². The van der Waals surface area contributed by atoms with Crippen LogP contribution in [0.1, 0.15) is 73.6 Å². The van der Waals surface area contributed by atoms with Gasteiger partial charge in [-0.25, -0.2) is 13.4 Å². The van der Waals surface area contributed by atoms with Gasteiger partial charge in [0, 0.05) is 54.6 Å². The van der Waals surface area contributed by atoms with Gasteiger partial charge in [0.1, 0.15) is 5.82 Å². The molecule has 1 N–H and O–H groups in total. The summed E-state index contributed by atoms with van der Waals surface area (Å²) in [6.07, 6.45) is 8.03. The van der Waals surface area contributed by atoms with E-state index in [1.165, 1.54) is 5.56 Å². The van der Waals surface area contributed by atoms with Crippen molar-refractivity contribution in [2.45, 2.75) is 69.7 Å². The number of pyridine rings is 3. The first kappa shape index (κ1) is 29.6. The lowest BCUT2D eigenvalue weighted by Crippen LogP contribution is -2.19. The minimum absolute atomic E-state index is 0.0391. The third-order valence-electron chi connectivity index (χ3n) is 9.64. The fourth-order valence-electron chi connectivity index (χ4n) is 7.26. The van der Waals surface area contributed by atoms with Crippen LogP contribution in [0, 0.1) is 18.8 Å². The molecule has 5 aromatic heterocycles. The molecule has 10 nitrogen and oxygen atoms in total. The molecule has 1 aliphatic carbocycles. The number of nitrogens with one attached hydrogen (secondary N) is 1. The van der Waals surface area contributed by atoms with Gasteiger partial charge in [-0.1, -0.05) is 19.9 Å². The highest BCUT2D eigenvalue weighted by Crippen LogP contribution is 2.51. The van der Waals surface area contributed by atoms with Crippen molar-refractivity contribution in [2.75, 3.05) is 24.3 Å². The molecule has 0 aromatic carbocycles. The van der Waals surface area contributed by atoms with Gasteiger partial charge in [0.2, 0.25) is 11.8 Å². The van der Waals surface area contributed by atoms with E-state index in [0.29, 0.717) is 59.1 Å². The van der Waals surface area contributed by atoms with Crippen molar-refractivity contribution in [2.24, 2.45) is 11.8 Å². The van der Waals surface area contributed by atoms with Crippen LogP contribution in [0.4, 0.5) is 5.82 Å². The number of hydrogen-bond acceptors (Lipinski definition) is 11. The van der Waals surface area contributed by atoms with Gasteiger partial charge < -0.3 is 14.5 Å². The summed E-state index contributed by atoms with van der Waals surface area (Å²) in [5.74, 6) is 1.80. The molecule has 0 spiro atoms. The van der Waals surface area contributed by atoms with E-state index in [4.69, 9.17) is 19.1 Å². The van der Waals surface area contributed by atoms with Crippen LogP contribution < -0.4 is 5.32 Å². The maximum absolute atomic E-state index is 14.1. The van der Waals surface area contributed by atoms with Crippen LogP contribution in [0.2, 0.25) is 0 Å². The highest BCUT2D eigenvalue weighted by molar-refractivity contribution is 7.92. The SMILES string of the molecule is Cc1nnc(-c2c(CC3CCOCC3)nc3c(c2-c2cc4ccnc(NC5CCc6ncccc65)c4s2)S(=O)(=O)CC3C(C)C)o1. The van der Waals surface area contributed by atoms with E-state index in [9.17, 15) is 8.42 Å². The standard InChI is InChI=1S/C34H36N6O4S2/c1-18(2)23-17-46(41,42)32-29(28(34-40-39-19(3)44-34)26(37-30(23)32)15-20-9-13-43-14-10-20)27-16-21-8-12-36-33(31(21)45-27)38-25-7-6-24-22(25)5-4-11-35-24/h4-5,8,11-12,16,18,20,23,25H,6-7,9-10,13-15,17H2,1-3H3,(H,36,38). The van der Waals surface area contributed by atoms with E-state index in [1.54, 1.807) is 18.3 Å². The molecule has 0 amide bonds. The fourth-order valence-corrected chi connectivity index (χ4v) is 10.7. The van der Waals surface area contributed by atoms with Gasteiger partial charge in [0.15, 0.2) is 9.84 Å². The van der Waals surface area contributed by atoms with Crippen LogP contribution in [0.5, 0.6) is 0 Å². The Bertz CT molecular complexity index is 2070. The molecular formula is C34H36N6O4S2. The summed E-state index contributed by atoms with van der Waals surface area (Å²) in [7, 11) is -3.66. The molecule has 1 saturated heterocycles. The van der Waals surface area contributed by atoms with E-state index in [-0.39, 0.29) is 23.6 Å². The minimum Gasteiger partial charge on any atom is -0.421 e. The number of nitrogens with zero attached hydrogens (tertiary/aromatic N) is 5. The molecule has 46 heavy (non-hydrogen) atoms. The second-order valence-corrected chi connectivity index (χ2v) is 16.0. The maximum atomic E-state index is 14.1. The zero-order chi connectivity index (χ0) is 31.6. The summed E-state index contributed by atoms with van der Waals surface area (Å²) in [5.41, 5.74) is 5.05. The van der Waals surface area contributed by atoms with E-state index >= 15 is 0 Å². The second-order valence-electron chi connectivity index (χ2n) is 13.0. The van der Waals surface area contributed by atoms with Gasteiger partial charge in [-0.2, -0.15) is 0 Å². The normalized spacial score (nSPS) is 20.8. The summed E-state index contributed by atoms with van der Waals surface area (Å²) >= 11 is 1.55. The topological polar surface area (TPSA) is 133 Å². The number of aromatic nitrogens is 5. The van der Waals surface area contributed by atoms with Crippen LogP contribution in [-0.2, 0) is 27.4 Å². The summed E-state index contributed by atoms with van der Waals surface area (Å²) in [5, 5.41) is 13.3. The Morgan fingerprint density at radius 1 is 1.07 bits per heavy atom. The van der Waals surface area contributed by atoms with Crippen LogP contribution in [-0.4, -0.2) is 52.5 Å². The average Bonchev–Trinajstić information content (AvgIpc) is 3.82. The summed E-state index contributed by atoms with van der Waals surface area (Å²) in [6, 6.07) is 8.27. The highest BCUT2D eigenvalue weighted by Gasteiger charge is 2.43. The van der Waals surface area contributed by atoms with Gasteiger partial charge in [0.25, 0.3) is 0 Å². The van der Waals surface area contributed by atoms with E-state index in [1.807, 2.05) is 24.5 Å². The molecule has 8 rings (SSSR count). The van der Waals surface area contributed by atoms with Gasteiger partial charge in [-0.05, 0) is 73.1 Å². The molecule has 2 aliphatic heterocycles. The molecule has 1 fully saturated rings. The zero-order valence-corrected chi connectivity index (χ0v) is 27.7. The molecule has 2 unspecified atom stereocenters. The summed E-state index contributed by atoms with van der Waals surface area (Å²) in [6.45, 7) is 7.32. The van der Waals surface area contributed by atoms with Gasteiger partial charge in [-0.15, -0.1) is 21.5 Å². The fraction of sp³-hybridized carbons (Fsp3) is 0.441. The van der Waals surface area contributed by atoms with Crippen LogP contribution in [0.15, 0.2) is 46.0 Å². The van der Waals surface area contributed by atoms with Crippen molar-refractivity contribution < 1.29 is 17.6 Å². The highest BCUT2D eigenvalue weighted by atomic mass is 32.2. The van der Waals surface area contributed by atoms with Crippen LogP contribution in [0.3, 0.4) is 0 Å². The van der Waals surface area contributed by atoms with Gasteiger partial charge in [-0.3, -0.25) is 9.97 Å². The van der Waals surface area contributed by atoms with E-state index < -0.39 is 9.84 Å². The number of hydrogen-bond donors (Lipinski definition) is 1. The number of rotatable bonds is 7. The van der Waals surface area contributed by atoms with Crippen molar-refractivity contribution in [3.05, 3.63) is 65.2 Å². The quantitative estimate of drug-likeness (QED) is 0.202. The Balaban J connectivity index is 1.34. The molecule has 5 aromatic rings. The molecule has 7 heterocycles. The number of ether oxygens (including phenoxy) is 1. The number of anilines is 1. The summed E-state index contributed by atoms with van der Waals surface area (Å²) < 4.78 is 41.0. The molecule has 238 valence electrons. The van der Waals surface area contributed by atoms with Crippen molar-refractivity contribution in [3.8, 4) is 21.9 Å². The molecule has 2 atom stereocenters. The number of sulfone groups is 1. The molecule has 3 aliphatic rings. The molecule has 0 bridgehead atoms. The van der Waals surface area contributed by atoms with Gasteiger partial charge >= 0.3 is 0 Å². The maximum Gasteiger partial charge on any atom is 0.250 e. The Hall–Kier alpha value is -3.74. The summed E-state index contributed by atoms with van der Waals surface area (Å²) in [4.78, 5) is 15.7. The molecule has 12 heteroatoms. The molecular weight excluding hydrogens is 621 g/mol. The lowest BCUT2D eigenvalue weighted by atomic mass is 9.88. The number of aryl methyl sites for hydroxylation is 2. The third kappa shape index (κ3) is 5.10. The molecule has 0 radical (unpaired) electrons. The first-order valence-corrected chi connectivity index (χ1v) is 18.5. The van der Waals surface area contributed by atoms with Crippen molar-refractivity contribution in [3.63, 3.8) is 0 Å². The van der Waals surface area contributed by atoms with E-state index in [0.717, 1.165) is 57.9 Å². The number of thiophene rings is 1. The molecule has 0 saturated carbocycles. The Kier molecular flexibility index (Phi) is 7.41. The average molecular weight is 657 g/mol. The third-order valence-corrected chi connectivity index (χ3v) is 12.7. The Morgan fingerprint density at radius 3 is 2.70 bits per heavy atom. The first-order chi connectivity index (χ1) is 22.3. The van der Waals surface area contributed by atoms with E-state index in [2.05, 4.69) is 46.5 Å². The largest absolute Gasteiger partial charge is 0.421 e. The minimum atomic E-state index is -3.66. The lowest BCUT2D eigenvalue weighted by Gasteiger charge is -2.24. The smallest absolute Gasteiger partial charge is 0.250 e.